The molecule has 4 aromatic heterocycles. The third-order valence-electron chi connectivity index (χ3n) is 6.15. The van der Waals surface area contributed by atoms with Crippen molar-refractivity contribution in [3.8, 4) is 22.5 Å². The Labute approximate surface area is 267 Å². The number of rotatable bonds is 7. The van der Waals surface area contributed by atoms with Crippen LogP contribution in [0.4, 0.5) is 9.18 Å². The molecule has 0 radical (unpaired) electrons. The fraction of sp³-hybridized carbons (Fsp3) is 0.406. The van der Waals surface area contributed by atoms with E-state index >= 15 is 4.39 Å². The van der Waals surface area contributed by atoms with Crippen LogP contribution in [0.1, 0.15) is 84.4 Å². The van der Waals surface area contributed by atoms with Crippen molar-refractivity contribution >= 4 is 23.2 Å². The number of fused-ring (bicyclic) bond motifs is 1. The van der Waals surface area contributed by atoms with Gasteiger partial charge in [-0.2, -0.15) is 10.1 Å². The number of H-pyrrole nitrogens is 1. The molecule has 4 heterocycles. The number of nitrogens with zero attached hydrogens (tertiary/aromatic N) is 6. The van der Waals surface area contributed by atoms with Crippen LogP contribution in [0.3, 0.4) is 0 Å². The zero-order chi connectivity index (χ0) is 34.2. The van der Waals surface area contributed by atoms with Crippen LogP contribution in [0.5, 0.6) is 0 Å². The lowest BCUT2D eigenvalue weighted by molar-refractivity contribution is 0.0451. The molecule has 0 bridgehead atoms. The van der Waals surface area contributed by atoms with Gasteiger partial charge in [-0.25, -0.2) is 19.2 Å². The first-order valence-electron chi connectivity index (χ1n) is 15.1. The number of pyridine rings is 1. The highest BCUT2D eigenvalue weighted by molar-refractivity contribution is 5.92. The Hall–Kier alpha value is -5.14. The molecule has 0 aliphatic rings. The summed E-state index contributed by atoms with van der Waals surface area (Å²) in [6.07, 6.45) is 4.46. The molecule has 13 nitrogen and oxygen atoms in total. The summed E-state index contributed by atoms with van der Waals surface area (Å²) in [5.74, 6) is -0.836. The number of ether oxygens (including phenoxy) is 1. The van der Waals surface area contributed by atoms with Gasteiger partial charge in [0, 0.05) is 37.1 Å². The van der Waals surface area contributed by atoms with Crippen molar-refractivity contribution < 1.29 is 23.2 Å². The number of halogens is 1. The molecule has 0 saturated carbocycles. The highest BCUT2D eigenvalue weighted by Crippen LogP contribution is 2.29. The quantitative estimate of drug-likeness (QED) is 0.186. The Balaban J connectivity index is 0.00000139. The van der Waals surface area contributed by atoms with Gasteiger partial charge >= 0.3 is 6.09 Å². The van der Waals surface area contributed by atoms with Crippen molar-refractivity contribution in [2.45, 2.75) is 80.0 Å². The van der Waals surface area contributed by atoms with Gasteiger partial charge in [-0.1, -0.05) is 45.0 Å². The lowest BCUT2D eigenvalue weighted by Gasteiger charge is -2.25. The Morgan fingerprint density at radius 2 is 1.76 bits per heavy atom. The van der Waals surface area contributed by atoms with Crippen LogP contribution in [0, 0.1) is 5.82 Å². The first-order chi connectivity index (χ1) is 21.8. The minimum atomic E-state index is -1.11. The maximum atomic E-state index is 15.2. The lowest BCUT2D eigenvalue weighted by atomic mass is 10.0. The van der Waals surface area contributed by atoms with Crippen molar-refractivity contribution in [1.82, 2.24) is 45.5 Å². The average molecular weight is 636 g/mol. The molecule has 0 atom stereocenters. The van der Waals surface area contributed by atoms with Gasteiger partial charge in [0.1, 0.15) is 22.8 Å². The number of amides is 2. The fourth-order valence-electron chi connectivity index (χ4n) is 4.13. The molecule has 0 fully saturated rings. The molecule has 2 amide bonds. The van der Waals surface area contributed by atoms with Gasteiger partial charge < -0.3 is 24.9 Å². The van der Waals surface area contributed by atoms with E-state index in [1.807, 2.05) is 40.9 Å². The molecule has 0 aliphatic carbocycles. The number of carbonyl (C=O) groups excluding carboxylic acids is 2. The lowest BCUT2D eigenvalue weighted by Crippen LogP contribution is -2.44. The number of carbonyl (C=O) groups is 2. The molecule has 246 valence electrons. The third kappa shape index (κ3) is 8.52. The van der Waals surface area contributed by atoms with E-state index < -0.39 is 29.0 Å². The summed E-state index contributed by atoms with van der Waals surface area (Å²) in [7, 11) is 1.81. The maximum Gasteiger partial charge on any atom is 0.408 e. The number of aromatic amines is 1. The average Bonchev–Trinajstić information content (AvgIpc) is 3.77. The molecular weight excluding hydrogens is 593 g/mol. The predicted octanol–water partition coefficient (Wildman–Crippen LogP) is 6.29. The molecule has 0 unspecified atom stereocenters. The summed E-state index contributed by atoms with van der Waals surface area (Å²) in [6, 6.07) is 6.50. The van der Waals surface area contributed by atoms with E-state index in [1.165, 1.54) is 6.07 Å². The molecule has 0 saturated heterocycles. The zero-order valence-corrected chi connectivity index (χ0v) is 27.9. The number of alkyl carbamates (subject to hydrolysis) is 1. The molecule has 14 heteroatoms. The van der Waals surface area contributed by atoms with Gasteiger partial charge in [0.25, 0.3) is 17.6 Å². The second-order valence-electron chi connectivity index (χ2n) is 11.2. The molecule has 5 rings (SSSR count). The second kappa shape index (κ2) is 14.8. The number of aryl methyl sites for hydroxylation is 1. The minimum absolute atomic E-state index is 0.00296. The van der Waals surface area contributed by atoms with Crippen LogP contribution in [-0.4, -0.2) is 52.5 Å². The summed E-state index contributed by atoms with van der Waals surface area (Å²) in [6.45, 7) is 16.4. The van der Waals surface area contributed by atoms with Gasteiger partial charge in [0.15, 0.2) is 5.65 Å². The van der Waals surface area contributed by atoms with E-state index in [9.17, 15) is 9.59 Å². The second-order valence-corrected chi connectivity index (χ2v) is 11.2. The molecular formula is C32H42FN9O4. The number of nitrogens with one attached hydrogen (secondary N) is 3. The molecule has 46 heavy (non-hydrogen) atoms. The van der Waals surface area contributed by atoms with E-state index in [4.69, 9.17) is 9.26 Å². The number of imidazole rings is 1. The van der Waals surface area contributed by atoms with E-state index in [-0.39, 0.29) is 23.8 Å². The zero-order valence-electron chi connectivity index (χ0n) is 27.9. The first kappa shape index (κ1) is 35.3. The monoisotopic (exact) mass is 635 g/mol. The summed E-state index contributed by atoms with van der Waals surface area (Å²) >= 11 is 0. The number of benzene rings is 1. The summed E-state index contributed by atoms with van der Waals surface area (Å²) in [4.78, 5) is 41.1. The van der Waals surface area contributed by atoms with Crippen LogP contribution < -0.4 is 10.6 Å². The van der Waals surface area contributed by atoms with Crippen molar-refractivity contribution in [3.05, 3.63) is 66.0 Å². The maximum absolute atomic E-state index is 15.2. The largest absolute Gasteiger partial charge is 0.444 e. The van der Waals surface area contributed by atoms with Crippen molar-refractivity contribution in [2.75, 3.05) is 0 Å². The highest BCUT2D eigenvalue weighted by atomic mass is 19.1. The van der Waals surface area contributed by atoms with E-state index in [0.29, 0.717) is 22.6 Å². The van der Waals surface area contributed by atoms with E-state index in [2.05, 4.69) is 40.8 Å². The van der Waals surface area contributed by atoms with Crippen LogP contribution >= 0.6 is 0 Å². The van der Waals surface area contributed by atoms with Crippen LogP contribution in [-0.2, 0) is 23.9 Å². The molecule has 1 aromatic carbocycles. The smallest absolute Gasteiger partial charge is 0.408 e. The highest BCUT2D eigenvalue weighted by Gasteiger charge is 2.32. The minimum Gasteiger partial charge on any atom is -0.444 e. The first-order valence-corrected chi connectivity index (χ1v) is 15.1. The van der Waals surface area contributed by atoms with E-state index in [1.54, 1.807) is 69.9 Å². The van der Waals surface area contributed by atoms with Gasteiger partial charge in [-0.05, 0) is 52.3 Å². The Bertz CT molecular complexity index is 1780. The SMILES string of the molecule is CC.CC.Cn1cc(-c2nc3nccc(-c4ccc(CNC(=O)c5noc(C(C)(C)NC(=O)OC(C)(C)C)n5)c(F)c4)c3[nH]2)cn1. The molecule has 0 aliphatic heterocycles. The summed E-state index contributed by atoms with van der Waals surface area (Å²) < 4.78 is 27.3. The predicted molar refractivity (Wildman–Crippen MR) is 172 cm³/mol. The number of aromatic nitrogens is 7. The summed E-state index contributed by atoms with van der Waals surface area (Å²) in [5.41, 5.74) is 1.74. The standard InChI is InChI=1S/C28H30FN9O4.2C2H6/c1-27(2,3)41-26(40)36-28(4,5)25-35-23(37-42-25)24(39)31-12-16-8-7-15(11-19(16)29)18-9-10-30-22-20(18)33-21(34-22)17-13-32-38(6)14-17;2*1-2/h7-11,13-14H,12H2,1-6H3,(H,31,39)(H,36,40)(H,30,33,34);2*1-2H3. The molecule has 0 spiro atoms. The Kier molecular flexibility index (Phi) is 11.3. The van der Waals surface area contributed by atoms with Gasteiger partial charge in [-0.15, -0.1) is 0 Å². The Morgan fingerprint density at radius 1 is 1.04 bits per heavy atom. The molecule has 5 aromatic rings. The van der Waals surface area contributed by atoms with Gasteiger partial charge in [-0.3, -0.25) is 9.48 Å². The van der Waals surface area contributed by atoms with Crippen molar-refractivity contribution in [2.24, 2.45) is 7.05 Å². The van der Waals surface area contributed by atoms with Crippen LogP contribution in [0.25, 0.3) is 33.7 Å². The Morgan fingerprint density at radius 3 is 2.39 bits per heavy atom. The fourth-order valence-corrected chi connectivity index (χ4v) is 4.13. The van der Waals surface area contributed by atoms with Gasteiger partial charge in [0.05, 0.1) is 17.3 Å². The van der Waals surface area contributed by atoms with Gasteiger partial charge in [0.2, 0.25) is 0 Å². The van der Waals surface area contributed by atoms with Crippen LogP contribution in [0.15, 0.2) is 47.4 Å². The number of hydrogen-bond acceptors (Lipinski definition) is 9. The van der Waals surface area contributed by atoms with E-state index in [0.717, 1.165) is 11.1 Å². The molecule has 3 N–H and O–H groups in total. The normalized spacial score (nSPS) is 11.2. The topological polar surface area (TPSA) is 166 Å². The summed E-state index contributed by atoms with van der Waals surface area (Å²) in [5, 5.41) is 13.1. The van der Waals surface area contributed by atoms with Crippen LogP contribution in [0.2, 0.25) is 0 Å². The van der Waals surface area contributed by atoms with Crippen molar-refractivity contribution in [1.29, 1.82) is 0 Å². The van der Waals surface area contributed by atoms with Crippen molar-refractivity contribution in [3.63, 3.8) is 0 Å². The number of hydrogen-bond donors (Lipinski definition) is 3. The third-order valence-corrected chi connectivity index (χ3v) is 6.15.